The van der Waals surface area contributed by atoms with E-state index in [0.717, 1.165) is 30.6 Å². The van der Waals surface area contributed by atoms with E-state index >= 15 is 0 Å². The van der Waals surface area contributed by atoms with Crippen molar-refractivity contribution in [3.05, 3.63) is 30.1 Å². The maximum absolute atomic E-state index is 12.9. The third-order valence-electron chi connectivity index (χ3n) is 6.88. The number of imide groups is 1. The van der Waals surface area contributed by atoms with Gasteiger partial charge in [-0.05, 0) is 67.2 Å². The van der Waals surface area contributed by atoms with E-state index in [0.29, 0.717) is 17.5 Å². The molecule has 3 aliphatic carbocycles. The van der Waals surface area contributed by atoms with Crippen LogP contribution in [-0.2, 0) is 14.4 Å². The quantitative estimate of drug-likeness (QED) is 0.856. The van der Waals surface area contributed by atoms with Crippen molar-refractivity contribution in [2.24, 2.45) is 29.1 Å². The monoisotopic (exact) mass is 342 g/mol. The lowest BCUT2D eigenvalue weighted by Gasteiger charge is -2.21. The number of hydrogen-bond donors (Lipinski definition) is 1. The van der Waals surface area contributed by atoms with Crippen LogP contribution in [0.1, 0.15) is 25.7 Å². The highest BCUT2D eigenvalue weighted by Crippen LogP contribution is 2.75. The summed E-state index contributed by atoms with van der Waals surface area (Å²) in [5, 5.41) is 2.62. The Bertz CT molecular complexity index is 754. The van der Waals surface area contributed by atoms with E-state index in [1.54, 1.807) is 0 Å². The highest BCUT2D eigenvalue weighted by atomic mass is 19.1. The molecule has 3 saturated carbocycles. The van der Waals surface area contributed by atoms with Crippen LogP contribution >= 0.6 is 0 Å². The maximum atomic E-state index is 12.9. The van der Waals surface area contributed by atoms with Crippen LogP contribution in [0.5, 0.6) is 0 Å². The summed E-state index contributed by atoms with van der Waals surface area (Å²) in [6.07, 6.45) is 4.39. The lowest BCUT2D eigenvalue weighted by atomic mass is 9.81. The molecule has 1 saturated heterocycles. The number of anilines is 1. The van der Waals surface area contributed by atoms with Gasteiger partial charge in [-0.3, -0.25) is 19.3 Å². The summed E-state index contributed by atoms with van der Waals surface area (Å²) in [5.41, 5.74) is 0.714. The maximum Gasteiger partial charge on any atom is 0.244 e. The van der Waals surface area contributed by atoms with Gasteiger partial charge in [-0.15, -0.1) is 0 Å². The molecule has 5 rings (SSSR count). The van der Waals surface area contributed by atoms with E-state index in [9.17, 15) is 18.8 Å². The van der Waals surface area contributed by atoms with E-state index in [4.69, 9.17) is 0 Å². The van der Waals surface area contributed by atoms with Gasteiger partial charge in [0, 0.05) is 5.69 Å². The third-order valence-corrected chi connectivity index (χ3v) is 6.88. The van der Waals surface area contributed by atoms with Gasteiger partial charge in [0.15, 0.2) is 0 Å². The van der Waals surface area contributed by atoms with Crippen LogP contribution in [0.15, 0.2) is 24.3 Å². The average molecular weight is 342 g/mol. The van der Waals surface area contributed by atoms with E-state index in [1.165, 1.54) is 24.3 Å². The van der Waals surface area contributed by atoms with Gasteiger partial charge in [-0.2, -0.15) is 0 Å². The standard InChI is InChI=1S/C19H19FN2O3/c20-10-1-3-11(4-2-10)21-14(23)9-22-17(24)15-12-5-6-13(16(15)18(22)25)19(12)7-8-19/h1-4,12-13,15-16H,5-9H2,(H,21,23). The number of amides is 3. The molecule has 5 nitrogen and oxygen atoms in total. The van der Waals surface area contributed by atoms with E-state index < -0.39 is 5.91 Å². The van der Waals surface area contributed by atoms with E-state index in [-0.39, 0.29) is 41.4 Å². The second kappa shape index (κ2) is 4.90. The van der Waals surface area contributed by atoms with Gasteiger partial charge < -0.3 is 5.32 Å². The summed E-state index contributed by atoms with van der Waals surface area (Å²) >= 11 is 0. The summed E-state index contributed by atoms with van der Waals surface area (Å²) < 4.78 is 12.9. The fraction of sp³-hybridized carbons (Fsp3) is 0.526. The van der Waals surface area contributed by atoms with Crippen molar-refractivity contribution in [3.63, 3.8) is 0 Å². The number of carbonyl (C=O) groups excluding carboxylic acids is 3. The summed E-state index contributed by atoms with van der Waals surface area (Å²) in [6, 6.07) is 5.40. The number of carbonyl (C=O) groups is 3. The van der Waals surface area contributed by atoms with Gasteiger partial charge in [-0.1, -0.05) is 0 Å². The second-order valence-electron chi connectivity index (χ2n) is 7.89. The topological polar surface area (TPSA) is 66.5 Å². The first kappa shape index (κ1) is 15.0. The molecule has 25 heavy (non-hydrogen) atoms. The SMILES string of the molecule is O=C(CN1C(=O)C2C(C1=O)C1CCC2C12CC2)Nc1ccc(F)cc1. The Kier molecular flexibility index (Phi) is 2.95. The van der Waals surface area contributed by atoms with Gasteiger partial charge in [0.1, 0.15) is 12.4 Å². The fourth-order valence-corrected chi connectivity index (χ4v) is 5.82. The number of likely N-dealkylation sites (tertiary alicyclic amines) is 1. The van der Waals surface area contributed by atoms with Crippen LogP contribution in [0.2, 0.25) is 0 Å². The van der Waals surface area contributed by atoms with Crippen LogP contribution < -0.4 is 5.32 Å². The molecule has 130 valence electrons. The largest absolute Gasteiger partial charge is 0.325 e. The molecule has 1 N–H and O–H groups in total. The number of halogens is 1. The Morgan fingerprint density at radius 1 is 1.08 bits per heavy atom. The lowest BCUT2D eigenvalue weighted by molar-refractivity contribution is -0.143. The minimum Gasteiger partial charge on any atom is -0.325 e. The van der Waals surface area contributed by atoms with Crippen LogP contribution in [0.4, 0.5) is 10.1 Å². The predicted molar refractivity (Wildman–Crippen MR) is 86.6 cm³/mol. The molecular formula is C19H19FN2O3. The third kappa shape index (κ3) is 1.96. The average Bonchev–Trinajstić information content (AvgIpc) is 3.20. The van der Waals surface area contributed by atoms with Crippen molar-refractivity contribution < 1.29 is 18.8 Å². The normalized spacial score (nSPS) is 33.9. The first-order valence-corrected chi connectivity index (χ1v) is 8.92. The van der Waals surface area contributed by atoms with Gasteiger partial charge in [0.2, 0.25) is 17.7 Å². The molecule has 1 spiro atoms. The Hall–Kier alpha value is -2.24. The molecule has 6 heteroatoms. The second-order valence-corrected chi connectivity index (χ2v) is 7.89. The summed E-state index contributed by atoms with van der Waals surface area (Å²) in [4.78, 5) is 39.0. The van der Waals surface area contributed by atoms with Crippen molar-refractivity contribution >= 4 is 23.4 Å². The van der Waals surface area contributed by atoms with Crippen molar-refractivity contribution in [1.29, 1.82) is 0 Å². The Labute approximate surface area is 144 Å². The molecule has 4 aliphatic rings. The van der Waals surface area contributed by atoms with E-state index in [1.807, 2.05) is 0 Å². The van der Waals surface area contributed by atoms with E-state index in [2.05, 4.69) is 5.32 Å². The molecule has 3 amide bonds. The van der Waals surface area contributed by atoms with Crippen LogP contribution in [-0.4, -0.2) is 29.2 Å². The molecule has 4 atom stereocenters. The van der Waals surface area contributed by atoms with Crippen molar-refractivity contribution in [2.45, 2.75) is 25.7 Å². The van der Waals surface area contributed by atoms with Crippen molar-refractivity contribution in [3.8, 4) is 0 Å². The molecule has 0 radical (unpaired) electrons. The fourth-order valence-electron chi connectivity index (χ4n) is 5.82. The van der Waals surface area contributed by atoms with Crippen LogP contribution in [0, 0.1) is 34.9 Å². The summed E-state index contributed by atoms with van der Waals surface area (Å²) in [5.74, 6) is -0.875. The molecule has 1 aromatic carbocycles. The molecular weight excluding hydrogens is 323 g/mol. The smallest absolute Gasteiger partial charge is 0.244 e. The number of rotatable bonds is 3. The summed E-state index contributed by atoms with van der Waals surface area (Å²) in [7, 11) is 0. The predicted octanol–water partition coefficient (Wildman–Crippen LogP) is 2.19. The zero-order chi connectivity index (χ0) is 17.3. The van der Waals surface area contributed by atoms with Gasteiger partial charge >= 0.3 is 0 Å². The molecule has 2 bridgehead atoms. The summed E-state index contributed by atoms with van der Waals surface area (Å²) in [6.45, 7) is -0.255. The molecule has 1 aliphatic heterocycles. The van der Waals surface area contributed by atoms with Crippen LogP contribution in [0.25, 0.3) is 0 Å². The minimum absolute atomic E-state index is 0.164. The first-order valence-electron chi connectivity index (χ1n) is 8.92. The number of benzene rings is 1. The number of nitrogens with one attached hydrogen (secondary N) is 1. The zero-order valence-corrected chi connectivity index (χ0v) is 13.7. The zero-order valence-electron chi connectivity index (χ0n) is 13.7. The molecule has 4 unspecified atom stereocenters. The van der Waals surface area contributed by atoms with Crippen LogP contribution in [0.3, 0.4) is 0 Å². The Balaban J connectivity index is 1.31. The van der Waals surface area contributed by atoms with Gasteiger partial charge in [-0.25, -0.2) is 4.39 Å². The highest BCUT2D eigenvalue weighted by molar-refractivity contribution is 6.09. The first-order chi connectivity index (χ1) is 12.0. The van der Waals surface area contributed by atoms with Gasteiger partial charge in [0.25, 0.3) is 0 Å². The van der Waals surface area contributed by atoms with Crippen molar-refractivity contribution in [2.75, 3.05) is 11.9 Å². The molecule has 0 aromatic heterocycles. The number of hydrogen-bond acceptors (Lipinski definition) is 3. The van der Waals surface area contributed by atoms with Crippen molar-refractivity contribution in [1.82, 2.24) is 4.90 Å². The molecule has 1 aromatic rings. The molecule has 1 heterocycles. The Morgan fingerprint density at radius 3 is 2.16 bits per heavy atom. The van der Waals surface area contributed by atoms with Gasteiger partial charge in [0.05, 0.1) is 11.8 Å². The highest BCUT2D eigenvalue weighted by Gasteiger charge is 2.74. The Morgan fingerprint density at radius 2 is 1.64 bits per heavy atom. The minimum atomic E-state index is -0.429. The molecule has 4 fully saturated rings. The number of nitrogens with zero attached hydrogens (tertiary/aromatic N) is 1. The lowest BCUT2D eigenvalue weighted by Crippen LogP contribution is -2.40. The number of fused-ring (bicyclic) bond motifs is 3.